The van der Waals surface area contributed by atoms with Gasteiger partial charge in [-0.15, -0.1) is 0 Å². The van der Waals surface area contributed by atoms with Crippen molar-refractivity contribution in [2.45, 2.75) is 31.7 Å². The van der Waals surface area contributed by atoms with Crippen LogP contribution in [0, 0.1) is 0 Å². The minimum atomic E-state index is -3.26. The fourth-order valence-electron chi connectivity index (χ4n) is 1.05. The second-order valence-corrected chi connectivity index (χ2v) is 3.00. The summed E-state index contributed by atoms with van der Waals surface area (Å²) in [7, 11) is 0. The highest BCUT2D eigenvalue weighted by Crippen LogP contribution is 2.14. The molecule has 1 N–H and O–H groups in total. The van der Waals surface area contributed by atoms with Gasteiger partial charge in [0.25, 0.3) is 5.91 Å². The van der Waals surface area contributed by atoms with Crippen LogP contribution in [0.2, 0.25) is 0 Å². The zero-order valence-corrected chi connectivity index (χ0v) is 6.81. The van der Waals surface area contributed by atoms with Gasteiger partial charge in [0.1, 0.15) is 0 Å². The number of hydrogen-bond donors (Lipinski definition) is 1. The molecular weight excluding hydrogens is 164 g/mol. The van der Waals surface area contributed by atoms with Gasteiger partial charge in [0, 0.05) is 13.0 Å². The third-order valence-electron chi connectivity index (χ3n) is 1.74. The number of amides is 1. The summed E-state index contributed by atoms with van der Waals surface area (Å²) >= 11 is 0. The van der Waals surface area contributed by atoms with E-state index in [1.807, 2.05) is 12.2 Å². The van der Waals surface area contributed by atoms with Crippen LogP contribution in [0.15, 0.2) is 12.2 Å². The topological polar surface area (TPSA) is 29.1 Å². The van der Waals surface area contributed by atoms with Gasteiger partial charge in [0.15, 0.2) is 0 Å². The molecule has 0 bridgehead atoms. The Morgan fingerprint density at radius 2 is 2.00 bits per heavy atom. The van der Waals surface area contributed by atoms with E-state index >= 15 is 0 Å². The standard InChI is InChI=1S/C8H11F2NO/c1-8(9,10)7(12)11-6-4-2-3-5-6/h2-3,6H,4-5H2,1H3,(H,11,12). The summed E-state index contributed by atoms with van der Waals surface area (Å²) in [5, 5.41) is 2.27. The maximum Gasteiger partial charge on any atom is 0.321 e. The predicted octanol–water partition coefficient (Wildman–Crippen LogP) is 1.48. The van der Waals surface area contributed by atoms with Crippen molar-refractivity contribution < 1.29 is 13.6 Å². The highest BCUT2D eigenvalue weighted by atomic mass is 19.3. The number of alkyl halides is 2. The Hall–Kier alpha value is -0.930. The zero-order chi connectivity index (χ0) is 9.19. The molecule has 0 saturated heterocycles. The molecule has 12 heavy (non-hydrogen) atoms. The fourth-order valence-corrected chi connectivity index (χ4v) is 1.05. The minimum absolute atomic E-state index is 0.136. The molecule has 0 saturated carbocycles. The van der Waals surface area contributed by atoms with Crippen LogP contribution < -0.4 is 5.32 Å². The van der Waals surface area contributed by atoms with Gasteiger partial charge in [-0.25, -0.2) is 0 Å². The molecular formula is C8H11F2NO. The summed E-state index contributed by atoms with van der Waals surface area (Å²) in [6.45, 7) is 0.602. The molecule has 68 valence electrons. The lowest BCUT2D eigenvalue weighted by atomic mass is 10.2. The lowest BCUT2D eigenvalue weighted by molar-refractivity contribution is -0.143. The molecule has 0 fully saturated rings. The van der Waals surface area contributed by atoms with Crippen molar-refractivity contribution in [1.82, 2.24) is 5.32 Å². The summed E-state index contributed by atoms with van der Waals surface area (Å²) in [4.78, 5) is 10.7. The maximum absolute atomic E-state index is 12.3. The van der Waals surface area contributed by atoms with E-state index in [9.17, 15) is 13.6 Å². The van der Waals surface area contributed by atoms with Gasteiger partial charge in [-0.3, -0.25) is 4.79 Å². The second kappa shape index (κ2) is 3.21. The minimum Gasteiger partial charge on any atom is -0.348 e. The molecule has 0 heterocycles. The summed E-state index contributed by atoms with van der Waals surface area (Å²) in [6.07, 6.45) is 5.06. The van der Waals surface area contributed by atoms with Crippen LogP contribution in [0.4, 0.5) is 8.78 Å². The van der Waals surface area contributed by atoms with Crippen molar-refractivity contribution in [3.8, 4) is 0 Å². The second-order valence-electron chi connectivity index (χ2n) is 3.00. The van der Waals surface area contributed by atoms with Crippen LogP contribution in [0.1, 0.15) is 19.8 Å². The number of carbonyl (C=O) groups excluding carboxylic acids is 1. The molecule has 1 rings (SSSR count). The number of carbonyl (C=O) groups is 1. The third-order valence-corrected chi connectivity index (χ3v) is 1.74. The third kappa shape index (κ3) is 2.29. The van der Waals surface area contributed by atoms with Crippen LogP contribution in [0.3, 0.4) is 0 Å². The van der Waals surface area contributed by atoms with Crippen molar-refractivity contribution in [3.05, 3.63) is 12.2 Å². The van der Waals surface area contributed by atoms with E-state index in [4.69, 9.17) is 0 Å². The van der Waals surface area contributed by atoms with E-state index in [1.165, 1.54) is 0 Å². The van der Waals surface area contributed by atoms with Crippen molar-refractivity contribution in [3.63, 3.8) is 0 Å². The van der Waals surface area contributed by atoms with Gasteiger partial charge in [-0.05, 0) is 12.8 Å². The first kappa shape index (κ1) is 9.16. The molecule has 0 radical (unpaired) electrons. The van der Waals surface area contributed by atoms with E-state index in [2.05, 4.69) is 5.32 Å². The van der Waals surface area contributed by atoms with Crippen LogP contribution in [0.25, 0.3) is 0 Å². The molecule has 0 aromatic heterocycles. The van der Waals surface area contributed by atoms with E-state index in [0.29, 0.717) is 19.8 Å². The van der Waals surface area contributed by atoms with Gasteiger partial charge in [-0.2, -0.15) is 8.78 Å². The van der Waals surface area contributed by atoms with Gasteiger partial charge in [-0.1, -0.05) is 12.2 Å². The van der Waals surface area contributed by atoms with Crippen LogP contribution in [0.5, 0.6) is 0 Å². The van der Waals surface area contributed by atoms with Crippen LogP contribution in [-0.2, 0) is 4.79 Å². The SMILES string of the molecule is CC(F)(F)C(=O)NC1CC=CC1. The van der Waals surface area contributed by atoms with E-state index < -0.39 is 11.8 Å². The van der Waals surface area contributed by atoms with E-state index in [-0.39, 0.29) is 6.04 Å². The highest BCUT2D eigenvalue weighted by molar-refractivity contribution is 5.83. The Morgan fingerprint density at radius 3 is 2.42 bits per heavy atom. The van der Waals surface area contributed by atoms with Gasteiger partial charge in [0.05, 0.1) is 0 Å². The monoisotopic (exact) mass is 175 g/mol. The molecule has 0 aliphatic heterocycles. The highest BCUT2D eigenvalue weighted by Gasteiger charge is 2.33. The van der Waals surface area contributed by atoms with E-state index in [0.717, 1.165) is 0 Å². The molecule has 0 aromatic carbocycles. The first-order chi connectivity index (χ1) is 5.50. The lowest BCUT2D eigenvalue weighted by Gasteiger charge is -2.15. The summed E-state index contributed by atoms with van der Waals surface area (Å²) in [5.41, 5.74) is 0. The quantitative estimate of drug-likeness (QED) is 0.633. The smallest absolute Gasteiger partial charge is 0.321 e. The molecule has 1 amide bonds. The van der Waals surface area contributed by atoms with Crippen LogP contribution >= 0.6 is 0 Å². The van der Waals surface area contributed by atoms with Crippen molar-refractivity contribution in [1.29, 1.82) is 0 Å². The normalized spacial score (nSPS) is 18.2. The summed E-state index contributed by atoms with van der Waals surface area (Å²) < 4.78 is 24.7. The Kier molecular flexibility index (Phi) is 2.45. The number of rotatable bonds is 2. The maximum atomic E-state index is 12.3. The van der Waals surface area contributed by atoms with Crippen molar-refractivity contribution >= 4 is 5.91 Å². The molecule has 0 unspecified atom stereocenters. The Labute approximate surface area is 69.6 Å². The van der Waals surface area contributed by atoms with Gasteiger partial charge < -0.3 is 5.32 Å². The largest absolute Gasteiger partial charge is 0.348 e. The molecule has 0 aromatic rings. The van der Waals surface area contributed by atoms with Crippen molar-refractivity contribution in [2.75, 3.05) is 0 Å². The number of hydrogen-bond acceptors (Lipinski definition) is 1. The lowest BCUT2D eigenvalue weighted by Crippen LogP contribution is -2.42. The Balaban J connectivity index is 2.36. The van der Waals surface area contributed by atoms with Gasteiger partial charge >= 0.3 is 5.92 Å². The first-order valence-electron chi connectivity index (χ1n) is 3.84. The average molecular weight is 175 g/mol. The molecule has 1 aliphatic carbocycles. The summed E-state index contributed by atoms with van der Waals surface area (Å²) in [6, 6.07) is -0.136. The zero-order valence-electron chi connectivity index (χ0n) is 6.81. The average Bonchev–Trinajstić information content (AvgIpc) is 2.37. The van der Waals surface area contributed by atoms with E-state index in [1.54, 1.807) is 0 Å². The molecule has 0 atom stereocenters. The Bertz CT molecular complexity index is 200. The predicted molar refractivity (Wildman–Crippen MR) is 40.9 cm³/mol. The molecule has 4 heteroatoms. The van der Waals surface area contributed by atoms with Gasteiger partial charge in [0.2, 0.25) is 0 Å². The fraction of sp³-hybridized carbons (Fsp3) is 0.625. The van der Waals surface area contributed by atoms with Crippen molar-refractivity contribution in [2.24, 2.45) is 0 Å². The number of nitrogens with one attached hydrogen (secondary N) is 1. The first-order valence-corrected chi connectivity index (χ1v) is 3.84. The molecule has 0 spiro atoms. The summed E-state index contributed by atoms with van der Waals surface area (Å²) in [5.74, 6) is -4.45. The van der Waals surface area contributed by atoms with Crippen LogP contribution in [-0.4, -0.2) is 17.9 Å². The number of halogens is 2. The molecule has 2 nitrogen and oxygen atoms in total. The Morgan fingerprint density at radius 1 is 1.50 bits per heavy atom. The molecule has 1 aliphatic rings.